The van der Waals surface area contributed by atoms with Gasteiger partial charge < -0.3 is 17.2 Å². The first-order chi connectivity index (χ1) is 16.3. The number of hydrogen-bond donors (Lipinski definition) is 4. The van der Waals surface area contributed by atoms with Crippen molar-refractivity contribution in [2.45, 2.75) is 62.3 Å². The lowest BCUT2D eigenvalue weighted by Crippen LogP contribution is -2.49. The number of hydrogen-bond acceptors (Lipinski definition) is 6. The van der Waals surface area contributed by atoms with E-state index in [4.69, 9.17) is 17.2 Å². The molecule has 0 saturated heterocycles. The summed E-state index contributed by atoms with van der Waals surface area (Å²) in [6.45, 7) is 0. The summed E-state index contributed by atoms with van der Waals surface area (Å²) in [7, 11) is 0. The standard InChI is InChI=1S/C25H29N7O2/c26-21(33)17-6-8-19-15(12-17)4-5-16-13-18(22(27)34)7-9-20(16)25(19,23-29-31-32-30-23)14-24(28)10-2-1-3-11-24/h6-9,12-13H,1-5,10-11,14,28H2,(H2,26,33)(H2,27,34)(H,29,30,31,32). The number of nitrogens with zero attached hydrogens (tertiary/aromatic N) is 3. The lowest BCUT2D eigenvalue weighted by atomic mass is 9.62. The Bertz CT molecular complexity index is 1180. The first kappa shape index (κ1) is 22.2. The van der Waals surface area contributed by atoms with E-state index in [0.29, 0.717) is 36.2 Å². The summed E-state index contributed by atoms with van der Waals surface area (Å²) in [5, 5.41) is 15.5. The van der Waals surface area contributed by atoms with Gasteiger partial charge in [0.05, 0.1) is 5.41 Å². The minimum atomic E-state index is -0.813. The number of nitrogens with two attached hydrogens (primary N) is 3. The molecule has 1 aromatic heterocycles. The van der Waals surface area contributed by atoms with E-state index in [-0.39, 0.29) is 0 Å². The molecule has 1 saturated carbocycles. The average molecular weight is 460 g/mol. The van der Waals surface area contributed by atoms with E-state index >= 15 is 0 Å². The number of amides is 2. The number of aryl methyl sites for hydroxylation is 2. The maximum Gasteiger partial charge on any atom is 0.248 e. The number of nitrogens with one attached hydrogen (secondary N) is 1. The van der Waals surface area contributed by atoms with E-state index in [1.807, 2.05) is 24.3 Å². The van der Waals surface area contributed by atoms with E-state index in [1.165, 1.54) is 6.42 Å². The van der Waals surface area contributed by atoms with E-state index in [9.17, 15) is 9.59 Å². The number of primary amides is 2. The molecule has 7 N–H and O–H groups in total. The molecular weight excluding hydrogens is 430 g/mol. The molecule has 3 aromatic rings. The van der Waals surface area contributed by atoms with Gasteiger partial charge in [0.2, 0.25) is 11.8 Å². The summed E-state index contributed by atoms with van der Waals surface area (Å²) >= 11 is 0. The summed E-state index contributed by atoms with van der Waals surface area (Å²) in [6, 6.07) is 11.1. The molecule has 5 rings (SSSR count). The van der Waals surface area contributed by atoms with Crippen LogP contribution in [0.1, 0.15) is 87.3 Å². The Hall–Kier alpha value is -3.59. The second kappa shape index (κ2) is 8.32. The molecule has 176 valence electrons. The molecule has 0 bridgehead atoms. The van der Waals surface area contributed by atoms with E-state index in [1.54, 1.807) is 12.1 Å². The molecule has 2 aliphatic carbocycles. The molecule has 0 radical (unpaired) electrons. The Labute approximate surface area is 197 Å². The maximum absolute atomic E-state index is 12.0. The van der Waals surface area contributed by atoms with Gasteiger partial charge in [0.25, 0.3) is 0 Å². The van der Waals surface area contributed by atoms with Crippen LogP contribution in [0.2, 0.25) is 0 Å². The van der Waals surface area contributed by atoms with Crippen LogP contribution in [-0.4, -0.2) is 38.0 Å². The summed E-state index contributed by atoms with van der Waals surface area (Å²) in [5.74, 6) is -0.437. The van der Waals surface area contributed by atoms with Gasteiger partial charge in [-0.25, -0.2) is 0 Å². The van der Waals surface area contributed by atoms with Crippen LogP contribution in [0.4, 0.5) is 0 Å². The lowest BCUT2D eigenvalue weighted by molar-refractivity contribution is 0.0991. The van der Waals surface area contributed by atoms with Crippen LogP contribution in [0.25, 0.3) is 0 Å². The number of carbonyl (C=O) groups excluding carboxylic acids is 2. The predicted octanol–water partition coefficient (Wildman–Crippen LogP) is 1.88. The van der Waals surface area contributed by atoms with Crippen molar-refractivity contribution >= 4 is 11.8 Å². The molecule has 0 spiro atoms. The second-order valence-electron chi connectivity index (χ2n) is 9.71. The number of tetrazole rings is 1. The Morgan fingerprint density at radius 3 is 1.91 bits per heavy atom. The highest BCUT2D eigenvalue weighted by atomic mass is 16.1. The summed E-state index contributed by atoms with van der Waals surface area (Å²) in [4.78, 5) is 24.0. The van der Waals surface area contributed by atoms with Crippen LogP contribution in [0, 0.1) is 0 Å². The average Bonchev–Trinajstić information content (AvgIpc) is 3.33. The van der Waals surface area contributed by atoms with Crippen molar-refractivity contribution in [2.24, 2.45) is 17.2 Å². The van der Waals surface area contributed by atoms with Crippen LogP contribution in [-0.2, 0) is 18.3 Å². The van der Waals surface area contributed by atoms with Crippen molar-refractivity contribution in [3.8, 4) is 0 Å². The summed E-state index contributed by atoms with van der Waals surface area (Å²) < 4.78 is 0. The SMILES string of the molecule is NC(=O)c1ccc2c(c1)CCc1cc(C(N)=O)ccc1C2(CC1(N)CCCCC1)c1nn[nH]n1. The fourth-order valence-corrected chi connectivity index (χ4v) is 5.97. The van der Waals surface area contributed by atoms with Crippen LogP contribution in [0.5, 0.6) is 0 Å². The smallest absolute Gasteiger partial charge is 0.248 e. The van der Waals surface area contributed by atoms with Gasteiger partial charge in [-0.1, -0.05) is 36.6 Å². The fourth-order valence-electron chi connectivity index (χ4n) is 5.97. The third kappa shape index (κ3) is 3.66. The highest BCUT2D eigenvalue weighted by molar-refractivity contribution is 5.94. The van der Waals surface area contributed by atoms with Gasteiger partial charge in [-0.2, -0.15) is 5.21 Å². The van der Waals surface area contributed by atoms with Gasteiger partial charge in [-0.15, -0.1) is 10.2 Å². The van der Waals surface area contributed by atoms with E-state index in [0.717, 1.165) is 47.9 Å². The molecule has 0 unspecified atom stereocenters. The molecule has 9 nitrogen and oxygen atoms in total. The molecule has 1 fully saturated rings. The summed E-state index contributed by atoms with van der Waals surface area (Å²) in [5.41, 5.74) is 21.9. The number of rotatable bonds is 5. The quantitative estimate of drug-likeness (QED) is 0.454. The topological polar surface area (TPSA) is 167 Å². The first-order valence-electron chi connectivity index (χ1n) is 11.7. The molecular formula is C25H29N7O2. The normalized spacial score (nSPS) is 18.4. The van der Waals surface area contributed by atoms with Crippen molar-refractivity contribution < 1.29 is 9.59 Å². The number of aromatic nitrogens is 4. The molecule has 2 amide bonds. The van der Waals surface area contributed by atoms with Gasteiger partial charge in [0.15, 0.2) is 5.82 Å². The minimum absolute atomic E-state index is 0.428. The Morgan fingerprint density at radius 2 is 1.44 bits per heavy atom. The van der Waals surface area contributed by atoms with Gasteiger partial charge in [0, 0.05) is 16.7 Å². The number of benzene rings is 2. The van der Waals surface area contributed by atoms with Crippen molar-refractivity contribution in [3.63, 3.8) is 0 Å². The van der Waals surface area contributed by atoms with Gasteiger partial charge in [-0.05, 0) is 78.6 Å². The van der Waals surface area contributed by atoms with Crippen LogP contribution < -0.4 is 17.2 Å². The minimum Gasteiger partial charge on any atom is -0.366 e. The van der Waals surface area contributed by atoms with Crippen molar-refractivity contribution in [1.29, 1.82) is 0 Å². The third-order valence-corrected chi connectivity index (χ3v) is 7.56. The highest BCUT2D eigenvalue weighted by Crippen LogP contribution is 2.50. The predicted molar refractivity (Wildman–Crippen MR) is 126 cm³/mol. The first-order valence-corrected chi connectivity index (χ1v) is 11.7. The van der Waals surface area contributed by atoms with Crippen LogP contribution in [0.3, 0.4) is 0 Å². The van der Waals surface area contributed by atoms with E-state index in [2.05, 4.69) is 20.6 Å². The largest absolute Gasteiger partial charge is 0.366 e. The number of H-pyrrole nitrogens is 1. The Morgan fingerprint density at radius 1 is 0.882 bits per heavy atom. The van der Waals surface area contributed by atoms with Crippen LogP contribution in [0.15, 0.2) is 36.4 Å². The zero-order valence-electron chi connectivity index (χ0n) is 19.0. The second-order valence-corrected chi connectivity index (χ2v) is 9.71. The fraction of sp³-hybridized carbons (Fsp3) is 0.400. The summed E-state index contributed by atoms with van der Waals surface area (Å²) in [6.07, 6.45) is 6.99. The van der Waals surface area contributed by atoms with Gasteiger partial charge in [-0.3, -0.25) is 9.59 Å². The third-order valence-electron chi connectivity index (χ3n) is 7.56. The molecule has 0 atom stereocenters. The molecule has 0 aliphatic heterocycles. The van der Waals surface area contributed by atoms with Crippen molar-refractivity contribution in [2.75, 3.05) is 0 Å². The van der Waals surface area contributed by atoms with Crippen LogP contribution >= 0.6 is 0 Å². The molecule has 2 aromatic carbocycles. The van der Waals surface area contributed by atoms with Crippen molar-refractivity contribution in [1.82, 2.24) is 20.6 Å². The molecule has 2 aliphatic rings. The number of fused-ring (bicyclic) bond motifs is 2. The Kier molecular flexibility index (Phi) is 5.44. The molecule has 34 heavy (non-hydrogen) atoms. The molecule has 9 heteroatoms. The monoisotopic (exact) mass is 459 g/mol. The zero-order chi connectivity index (χ0) is 23.9. The lowest BCUT2D eigenvalue weighted by Gasteiger charge is -2.43. The molecule has 1 heterocycles. The zero-order valence-corrected chi connectivity index (χ0v) is 19.0. The highest BCUT2D eigenvalue weighted by Gasteiger charge is 2.49. The van der Waals surface area contributed by atoms with Crippen molar-refractivity contribution in [3.05, 3.63) is 75.6 Å². The Balaban J connectivity index is 1.81. The number of aromatic amines is 1. The van der Waals surface area contributed by atoms with Gasteiger partial charge in [0.1, 0.15) is 0 Å². The number of carbonyl (C=O) groups is 2. The van der Waals surface area contributed by atoms with E-state index < -0.39 is 22.8 Å². The van der Waals surface area contributed by atoms with Gasteiger partial charge >= 0.3 is 0 Å². The maximum atomic E-state index is 12.0.